The first kappa shape index (κ1) is 17.0. The summed E-state index contributed by atoms with van der Waals surface area (Å²) in [5, 5.41) is 3.19. The van der Waals surface area contributed by atoms with Gasteiger partial charge in [0.25, 0.3) is 0 Å². The van der Waals surface area contributed by atoms with Gasteiger partial charge in [-0.05, 0) is 58.6 Å². The van der Waals surface area contributed by atoms with Gasteiger partial charge in [0.1, 0.15) is 0 Å². The van der Waals surface area contributed by atoms with Crippen molar-refractivity contribution in [1.82, 2.24) is 10.2 Å². The van der Waals surface area contributed by atoms with Crippen molar-refractivity contribution in [1.29, 1.82) is 0 Å². The molecule has 1 amide bonds. The zero-order valence-electron chi connectivity index (χ0n) is 14.4. The second-order valence-corrected chi connectivity index (χ2v) is 7.30. The van der Waals surface area contributed by atoms with E-state index in [1.54, 1.807) is 0 Å². The van der Waals surface area contributed by atoms with Crippen molar-refractivity contribution in [3.05, 3.63) is 35.9 Å². The van der Waals surface area contributed by atoms with Crippen LogP contribution in [0, 0.1) is 5.92 Å². The standard InChI is InChI=1S/C19H30N2O/c1-15(2)21-12-8-9-16(14-21)13-20-18(22)19(3,4)17-10-6-5-7-11-17/h5-7,10-11,15-16H,8-9,12-14H2,1-4H3,(H,20,22)/t16-/m0/s1. The fourth-order valence-electron chi connectivity index (χ4n) is 3.18. The van der Waals surface area contributed by atoms with Crippen molar-refractivity contribution >= 4 is 5.91 Å². The van der Waals surface area contributed by atoms with Gasteiger partial charge in [0.05, 0.1) is 5.41 Å². The SMILES string of the molecule is CC(C)N1CCC[C@@H](CNC(=O)C(C)(C)c2ccccc2)C1. The quantitative estimate of drug-likeness (QED) is 0.906. The molecule has 3 nitrogen and oxygen atoms in total. The Morgan fingerprint density at radius 2 is 2.00 bits per heavy atom. The fourth-order valence-corrected chi connectivity index (χ4v) is 3.18. The Kier molecular flexibility index (Phi) is 5.63. The van der Waals surface area contributed by atoms with Gasteiger partial charge in [-0.15, -0.1) is 0 Å². The van der Waals surface area contributed by atoms with Gasteiger partial charge in [-0.25, -0.2) is 0 Å². The highest BCUT2D eigenvalue weighted by molar-refractivity contribution is 5.87. The van der Waals surface area contributed by atoms with E-state index in [-0.39, 0.29) is 5.91 Å². The summed E-state index contributed by atoms with van der Waals surface area (Å²) >= 11 is 0. The Morgan fingerprint density at radius 3 is 2.64 bits per heavy atom. The molecule has 1 aromatic rings. The van der Waals surface area contributed by atoms with Crippen LogP contribution in [0.15, 0.2) is 30.3 Å². The normalized spacial score (nSPS) is 20.1. The third-order valence-electron chi connectivity index (χ3n) is 4.90. The highest BCUT2D eigenvalue weighted by Gasteiger charge is 2.30. The molecule has 0 bridgehead atoms. The van der Waals surface area contributed by atoms with Crippen LogP contribution in [0.4, 0.5) is 0 Å². The largest absolute Gasteiger partial charge is 0.355 e. The first-order chi connectivity index (χ1) is 10.4. The summed E-state index contributed by atoms with van der Waals surface area (Å²) in [6.07, 6.45) is 2.45. The van der Waals surface area contributed by atoms with E-state index in [1.165, 1.54) is 19.4 Å². The van der Waals surface area contributed by atoms with E-state index in [0.29, 0.717) is 12.0 Å². The second kappa shape index (κ2) is 7.28. The molecule has 1 heterocycles. The predicted molar refractivity (Wildman–Crippen MR) is 91.9 cm³/mol. The van der Waals surface area contributed by atoms with Crippen molar-refractivity contribution in [2.24, 2.45) is 5.92 Å². The summed E-state index contributed by atoms with van der Waals surface area (Å²) in [6, 6.07) is 10.6. The van der Waals surface area contributed by atoms with Crippen LogP contribution in [-0.2, 0) is 10.2 Å². The predicted octanol–water partition coefficient (Wildman–Crippen LogP) is 3.20. The van der Waals surface area contributed by atoms with Crippen molar-refractivity contribution in [3.63, 3.8) is 0 Å². The summed E-state index contributed by atoms with van der Waals surface area (Å²) in [5.74, 6) is 0.701. The Bertz CT molecular complexity index is 481. The maximum atomic E-state index is 12.6. The molecule has 0 aromatic heterocycles. The van der Waals surface area contributed by atoms with E-state index < -0.39 is 5.41 Å². The third kappa shape index (κ3) is 4.10. The molecule has 1 fully saturated rings. The molecule has 22 heavy (non-hydrogen) atoms. The summed E-state index contributed by atoms with van der Waals surface area (Å²) in [6.45, 7) is 11.6. The van der Waals surface area contributed by atoms with Crippen LogP contribution in [0.5, 0.6) is 0 Å². The second-order valence-electron chi connectivity index (χ2n) is 7.30. The average Bonchev–Trinajstić information content (AvgIpc) is 2.53. The minimum Gasteiger partial charge on any atom is -0.355 e. The number of amides is 1. The molecule has 0 aliphatic carbocycles. The Balaban J connectivity index is 1.89. The van der Waals surface area contributed by atoms with Gasteiger partial charge in [-0.2, -0.15) is 0 Å². The Hall–Kier alpha value is -1.35. The summed E-state index contributed by atoms with van der Waals surface area (Å²) < 4.78 is 0. The number of nitrogens with one attached hydrogen (secondary N) is 1. The summed E-state index contributed by atoms with van der Waals surface area (Å²) in [5.41, 5.74) is 0.591. The minimum atomic E-state index is -0.479. The van der Waals surface area contributed by atoms with E-state index in [2.05, 4.69) is 24.1 Å². The summed E-state index contributed by atoms with van der Waals surface area (Å²) in [4.78, 5) is 15.1. The number of rotatable bonds is 5. The first-order valence-corrected chi connectivity index (χ1v) is 8.49. The number of hydrogen-bond donors (Lipinski definition) is 1. The third-order valence-corrected chi connectivity index (χ3v) is 4.90. The van der Waals surface area contributed by atoms with Gasteiger partial charge in [-0.3, -0.25) is 4.79 Å². The zero-order chi connectivity index (χ0) is 16.2. The highest BCUT2D eigenvalue weighted by atomic mass is 16.2. The van der Waals surface area contributed by atoms with E-state index in [1.807, 2.05) is 44.2 Å². The number of nitrogens with zero attached hydrogens (tertiary/aromatic N) is 1. The smallest absolute Gasteiger partial charge is 0.230 e. The lowest BCUT2D eigenvalue weighted by atomic mass is 9.83. The molecule has 0 radical (unpaired) electrons. The Labute approximate surface area is 135 Å². The lowest BCUT2D eigenvalue weighted by molar-refractivity contribution is -0.125. The van der Waals surface area contributed by atoms with Crippen LogP contribution < -0.4 is 5.32 Å². The fraction of sp³-hybridized carbons (Fsp3) is 0.632. The van der Waals surface area contributed by atoms with Crippen molar-refractivity contribution < 1.29 is 4.79 Å². The molecule has 1 aromatic carbocycles. The molecule has 2 rings (SSSR count). The maximum absolute atomic E-state index is 12.6. The molecular formula is C19H30N2O. The van der Waals surface area contributed by atoms with Crippen LogP contribution in [0.1, 0.15) is 46.1 Å². The van der Waals surface area contributed by atoms with E-state index in [0.717, 1.165) is 18.7 Å². The molecular weight excluding hydrogens is 272 g/mol. The van der Waals surface area contributed by atoms with Gasteiger partial charge >= 0.3 is 0 Å². The molecule has 1 saturated heterocycles. The molecule has 1 atom stereocenters. The van der Waals surface area contributed by atoms with Gasteiger partial charge in [-0.1, -0.05) is 30.3 Å². The number of hydrogen-bond acceptors (Lipinski definition) is 2. The molecule has 1 aliphatic rings. The first-order valence-electron chi connectivity index (χ1n) is 8.49. The van der Waals surface area contributed by atoms with Gasteiger partial charge in [0, 0.05) is 19.1 Å². The van der Waals surface area contributed by atoms with Crippen LogP contribution in [0.25, 0.3) is 0 Å². The van der Waals surface area contributed by atoms with E-state index in [9.17, 15) is 4.79 Å². The zero-order valence-corrected chi connectivity index (χ0v) is 14.4. The molecule has 1 N–H and O–H groups in total. The number of piperidine rings is 1. The molecule has 0 unspecified atom stereocenters. The topological polar surface area (TPSA) is 32.3 Å². The van der Waals surface area contributed by atoms with E-state index in [4.69, 9.17) is 0 Å². The number of benzene rings is 1. The molecule has 0 spiro atoms. The van der Waals surface area contributed by atoms with E-state index >= 15 is 0 Å². The van der Waals surface area contributed by atoms with Crippen molar-refractivity contribution in [3.8, 4) is 0 Å². The molecule has 122 valence electrons. The number of carbonyl (C=O) groups excluding carboxylic acids is 1. The Morgan fingerprint density at radius 1 is 1.32 bits per heavy atom. The maximum Gasteiger partial charge on any atom is 0.230 e. The van der Waals surface area contributed by atoms with Gasteiger partial charge in [0.15, 0.2) is 0 Å². The van der Waals surface area contributed by atoms with Crippen LogP contribution in [0.3, 0.4) is 0 Å². The van der Waals surface area contributed by atoms with Crippen molar-refractivity contribution in [2.75, 3.05) is 19.6 Å². The monoisotopic (exact) mass is 302 g/mol. The molecule has 1 aliphatic heterocycles. The van der Waals surface area contributed by atoms with Crippen molar-refractivity contribution in [2.45, 2.75) is 52.0 Å². The average molecular weight is 302 g/mol. The van der Waals surface area contributed by atoms with Crippen LogP contribution in [-0.4, -0.2) is 36.5 Å². The summed E-state index contributed by atoms with van der Waals surface area (Å²) in [7, 11) is 0. The number of carbonyl (C=O) groups is 1. The van der Waals surface area contributed by atoms with Gasteiger partial charge < -0.3 is 10.2 Å². The molecule has 0 saturated carbocycles. The van der Waals surface area contributed by atoms with Gasteiger partial charge in [0.2, 0.25) is 5.91 Å². The lowest BCUT2D eigenvalue weighted by Gasteiger charge is -2.36. The molecule has 3 heteroatoms. The minimum absolute atomic E-state index is 0.125. The highest BCUT2D eigenvalue weighted by Crippen LogP contribution is 2.23. The van der Waals surface area contributed by atoms with Crippen LogP contribution in [0.2, 0.25) is 0 Å². The lowest BCUT2D eigenvalue weighted by Crippen LogP contribution is -2.46. The number of likely N-dealkylation sites (tertiary alicyclic amines) is 1. The van der Waals surface area contributed by atoms with Crippen LogP contribution >= 0.6 is 0 Å².